The van der Waals surface area contributed by atoms with E-state index < -0.39 is 11.4 Å². The van der Waals surface area contributed by atoms with E-state index in [2.05, 4.69) is 70.2 Å². The molecule has 0 N–H and O–H groups in total. The van der Waals surface area contributed by atoms with E-state index in [0.717, 1.165) is 25.7 Å². The Morgan fingerprint density at radius 1 is 1.03 bits per heavy atom. The highest BCUT2D eigenvalue weighted by Gasteiger charge is 2.74. The molecule has 3 heteroatoms. The van der Waals surface area contributed by atoms with Gasteiger partial charge in [0.15, 0.2) is 17.2 Å². The number of aryl methyl sites for hydroxylation is 1. The number of ether oxygens (including phenoxy) is 2. The number of ketones is 1. The summed E-state index contributed by atoms with van der Waals surface area (Å²) in [4.78, 5) is 13.3. The molecule has 6 rings (SSSR count). The Kier molecular flexibility index (Phi) is 4.88. The summed E-state index contributed by atoms with van der Waals surface area (Å²) in [5.74, 6) is 0.844. The molecule has 5 aliphatic rings. The van der Waals surface area contributed by atoms with Crippen LogP contribution in [0.4, 0.5) is 0 Å². The molecule has 3 nitrogen and oxygen atoms in total. The number of Topliss-reactive ketones (excluding diaryl/α,β-unsaturated/α-hetero) is 1. The monoisotopic (exact) mass is 472 g/mol. The van der Waals surface area contributed by atoms with Crippen molar-refractivity contribution in [1.82, 2.24) is 0 Å². The average molecular weight is 473 g/mol. The van der Waals surface area contributed by atoms with Crippen molar-refractivity contribution in [3.05, 3.63) is 64.8 Å². The first-order valence-electron chi connectivity index (χ1n) is 13.5. The molecule has 1 aromatic rings. The number of carbonyl (C=O) groups excluding carboxylic acids is 1. The molecule has 1 saturated heterocycles. The SMILES string of the molecule is CC(=O)[C@@]12OC(C)(C)O[C@H]1C[C@H]1[C@@H]3C=C(C)C4=CC(c5ccc(C)cc5)=CC[C@]4(C)[C@H]3CC[C@@]12C. The largest absolute Gasteiger partial charge is 0.344 e. The number of benzene rings is 1. The van der Waals surface area contributed by atoms with Gasteiger partial charge in [0.1, 0.15) is 0 Å². The Labute approximate surface area is 210 Å². The van der Waals surface area contributed by atoms with Crippen molar-refractivity contribution >= 4 is 11.4 Å². The smallest absolute Gasteiger partial charge is 0.164 e. The van der Waals surface area contributed by atoms with Crippen LogP contribution in [0.2, 0.25) is 0 Å². The predicted molar refractivity (Wildman–Crippen MR) is 140 cm³/mol. The van der Waals surface area contributed by atoms with Crippen molar-refractivity contribution in [2.45, 2.75) is 91.6 Å². The van der Waals surface area contributed by atoms with E-state index in [1.165, 1.54) is 27.8 Å². The van der Waals surface area contributed by atoms with Gasteiger partial charge in [-0.15, -0.1) is 0 Å². The quantitative estimate of drug-likeness (QED) is 0.456. The van der Waals surface area contributed by atoms with Gasteiger partial charge in [0.05, 0.1) is 6.10 Å². The van der Waals surface area contributed by atoms with Gasteiger partial charge in [-0.2, -0.15) is 0 Å². The van der Waals surface area contributed by atoms with E-state index in [0.29, 0.717) is 17.8 Å². The van der Waals surface area contributed by atoms with Gasteiger partial charge in [-0.3, -0.25) is 4.79 Å². The minimum absolute atomic E-state index is 0.126. The van der Waals surface area contributed by atoms with Crippen molar-refractivity contribution < 1.29 is 14.3 Å². The molecule has 7 atom stereocenters. The lowest BCUT2D eigenvalue weighted by atomic mass is 9.47. The van der Waals surface area contributed by atoms with E-state index in [1.807, 2.05) is 13.8 Å². The Balaban J connectivity index is 1.39. The van der Waals surface area contributed by atoms with Gasteiger partial charge in [0.25, 0.3) is 0 Å². The molecule has 0 aromatic heterocycles. The fraction of sp³-hybridized carbons (Fsp3) is 0.594. The topological polar surface area (TPSA) is 35.5 Å². The van der Waals surface area contributed by atoms with E-state index in [4.69, 9.17) is 9.47 Å². The summed E-state index contributed by atoms with van der Waals surface area (Å²) in [5.41, 5.74) is 5.96. The summed E-state index contributed by atoms with van der Waals surface area (Å²) in [6.45, 7) is 14.9. The van der Waals surface area contributed by atoms with E-state index in [1.54, 1.807) is 6.92 Å². The summed E-state index contributed by atoms with van der Waals surface area (Å²) in [5, 5.41) is 0. The number of rotatable bonds is 2. The zero-order valence-corrected chi connectivity index (χ0v) is 22.4. The van der Waals surface area contributed by atoms with Gasteiger partial charge in [-0.05, 0) is 100 Å². The minimum atomic E-state index is -0.823. The fourth-order valence-corrected chi connectivity index (χ4v) is 8.98. The fourth-order valence-electron chi connectivity index (χ4n) is 8.98. The lowest BCUT2D eigenvalue weighted by Gasteiger charge is -2.58. The van der Waals surface area contributed by atoms with E-state index in [9.17, 15) is 4.79 Å². The molecule has 2 saturated carbocycles. The number of allylic oxidation sites excluding steroid dienone is 6. The van der Waals surface area contributed by atoms with Crippen LogP contribution in [0.1, 0.15) is 78.4 Å². The third kappa shape index (κ3) is 3.01. The third-order valence-corrected chi connectivity index (χ3v) is 10.6. The first kappa shape index (κ1) is 23.4. The highest BCUT2D eigenvalue weighted by molar-refractivity contribution is 5.88. The Morgan fingerprint density at radius 2 is 1.74 bits per heavy atom. The zero-order chi connectivity index (χ0) is 25.0. The molecular weight excluding hydrogens is 432 g/mol. The third-order valence-electron chi connectivity index (χ3n) is 10.6. The van der Waals surface area contributed by atoms with Crippen molar-refractivity contribution in [1.29, 1.82) is 0 Å². The average Bonchev–Trinajstić information content (AvgIpc) is 3.21. The molecule has 0 unspecified atom stereocenters. The van der Waals surface area contributed by atoms with Crippen LogP contribution in [-0.4, -0.2) is 23.3 Å². The van der Waals surface area contributed by atoms with Gasteiger partial charge in [0, 0.05) is 5.41 Å². The first-order chi connectivity index (χ1) is 16.4. The second-order valence-corrected chi connectivity index (χ2v) is 12.9. The summed E-state index contributed by atoms with van der Waals surface area (Å²) < 4.78 is 13.0. The Morgan fingerprint density at radius 3 is 2.43 bits per heavy atom. The van der Waals surface area contributed by atoms with Gasteiger partial charge in [0.2, 0.25) is 0 Å². The maximum atomic E-state index is 13.3. The highest BCUT2D eigenvalue weighted by atomic mass is 16.8. The molecule has 1 aromatic carbocycles. The number of carbonyl (C=O) groups is 1. The molecule has 35 heavy (non-hydrogen) atoms. The Bertz CT molecular complexity index is 1180. The van der Waals surface area contributed by atoms with Crippen LogP contribution in [-0.2, 0) is 14.3 Å². The van der Waals surface area contributed by atoms with Crippen LogP contribution in [0.15, 0.2) is 53.6 Å². The van der Waals surface area contributed by atoms with Gasteiger partial charge in [-0.1, -0.05) is 67.5 Å². The van der Waals surface area contributed by atoms with Crippen molar-refractivity contribution in [2.24, 2.45) is 28.6 Å². The minimum Gasteiger partial charge on any atom is -0.344 e. The number of hydrogen-bond acceptors (Lipinski definition) is 3. The van der Waals surface area contributed by atoms with Crippen LogP contribution < -0.4 is 0 Å². The summed E-state index contributed by atoms with van der Waals surface area (Å²) in [6.07, 6.45) is 11.4. The van der Waals surface area contributed by atoms with Crippen molar-refractivity contribution in [3.8, 4) is 0 Å². The molecule has 0 spiro atoms. The van der Waals surface area contributed by atoms with Crippen LogP contribution in [0, 0.1) is 35.5 Å². The summed E-state index contributed by atoms with van der Waals surface area (Å²) in [7, 11) is 0. The lowest BCUT2D eigenvalue weighted by Crippen LogP contribution is -2.59. The molecule has 0 amide bonds. The van der Waals surface area contributed by atoms with Gasteiger partial charge >= 0.3 is 0 Å². The molecule has 186 valence electrons. The summed E-state index contributed by atoms with van der Waals surface area (Å²) in [6, 6.07) is 8.91. The number of fused-ring (bicyclic) bond motifs is 7. The molecule has 4 aliphatic carbocycles. The maximum absolute atomic E-state index is 13.3. The first-order valence-corrected chi connectivity index (χ1v) is 13.5. The van der Waals surface area contributed by atoms with Gasteiger partial charge < -0.3 is 9.47 Å². The molecule has 0 radical (unpaired) electrons. The zero-order valence-electron chi connectivity index (χ0n) is 22.4. The van der Waals surface area contributed by atoms with Crippen molar-refractivity contribution in [3.63, 3.8) is 0 Å². The maximum Gasteiger partial charge on any atom is 0.164 e. The second kappa shape index (κ2) is 7.29. The van der Waals surface area contributed by atoms with E-state index in [-0.39, 0.29) is 22.7 Å². The van der Waals surface area contributed by atoms with Gasteiger partial charge in [-0.25, -0.2) is 0 Å². The number of hydrogen-bond donors (Lipinski definition) is 0. The van der Waals surface area contributed by atoms with E-state index >= 15 is 0 Å². The normalized spacial score (nSPS) is 43.2. The van der Waals surface area contributed by atoms with Crippen LogP contribution in [0.3, 0.4) is 0 Å². The molecule has 0 bridgehead atoms. The Hall–Kier alpha value is -1.97. The standard InChI is InChI=1S/C32H40O3/c1-19-8-10-22(11-9-19)23-12-14-30(6)25-13-15-31(7)27(24(25)16-20(2)26(30)17-23)18-28-32(31,21(3)33)35-29(4,5)34-28/h8-12,16-17,24-25,27-28H,13-15,18H2,1-7H3/t24-,25+,27+,28+,30-,31+,32-/m1/s1. The van der Waals surface area contributed by atoms with Crippen molar-refractivity contribution in [2.75, 3.05) is 0 Å². The highest BCUT2D eigenvalue weighted by Crippen LogP contribution is 2.70. The molecule has 1 heterocycles. The lowest BCUT2D eigenvalue weighted by molar-refractivity contribution is -0.210. The van der Waals surface area contributed by atoms with Crippen LogP contribution in [0.25, 0.3) is 5.57 Å². The molecule has 3 fully saturated rings. The van der Waals surface area contributed by atoms with Crippen LogP contribution >= 0.6 is 0 Å². The molecule has 1 aliphatic heterocycles. The predicted octanol–water partition coefficient (Wildman–Crippen LogP) is 7.21. The summed E-state index contributed by atoms with van der Waals surface area (Å²) >= 11 is 0. The second-order valence-electron chi connectivity index (χ2n) is 12.9. The van der Waals surface area contributed by atoms with Crippen LogP contribution in [0.5, 0.6) is 0 Å². The molecular formula is C32H40O3.